The summed E-state index contributed by atoms with van der Waals surface area (Å²) in [5.74, 6) is 0.174. The Morgan fingerprint density at radius 2 is 1.06 bits per heavy atom. The molecule has 2 aromatic rings. The highest BCUT2D eigenvalue weighted by Crippen LogP contribution is 2.35. The number of ether oxygens (including phenoxy) is 4. The smallest absolute Gasteiger partial charge is 0.326 e. The van der Waals surface area contributed by atoms with E-state index in [0.717, 1.165) is 22.3 Å². The number of benzene rings is 2. The molecule has 6 nitrogen and oxygen atoms in total. The zero-order valence-electron chi connectivity index (χ0n) is 19.1. The third-order valence-electron chi connectivity index (χ3n) is 5.17. The lowest BCUT2D eigenvalue weighted by atomic mass is 9.94. The molecule has 0 aromatic heterocycles. The van der Waals surface area contributed by atoms with Gasteiger partial charge in [0.2, 0.25) is 0 Å². The largest absolute Gasteiger partial charge is 0.496 e. The van der Waals surface area contributed by atoms with Crippen LogP contribution >= 0.6 is 23.2 Å². The molecule has 0 unspecified atom stereocenters. The van der Waals surface area contributed by atoms with Gasteiger partial charge in [0.25, 0.3) is 0 Å². The summed E-state index contributed by atoms with van der Waals surface area (Å²) in [6, 6.07) is 11.3. The Morgan fingerprint density at radius 3 is 1.34 bits per heavy atom. The second-order valence-corrected chi connectivity index (χ2v) is 9.45. The molecule has 0 bridgehead atoms. The zero-order chi connectivity index (χ0) is 24.1. The van der Waals surface area contributed by atoms with Crippen molar-refractivity contribution in [1.29, 1.82) is 0 Å². The van der Waals surface area contributed by atoms with Crippen LogP contribution in [0.1, 0.15) is 25.0 Å². The number of carbonyl (C=O) groups excluding carboxylic acids is 2. The minimum Gasteiger partial charge on any atom is -0.496 e. The molecule has 0 fully saturated rings. The summed E-state index contributed by atoms with van der Waals surface area (Å²) in [4.78, 5) is 21.5. The van der Waals surface area contributed by atoms with Crippen molar-refractivity contribution < 1.29 is 28.5 Å². The molecule has 0 radical (unpaired) electrons. The van der Waals surface area contributed by atoms with Gasteiger partial charge in [0.15, 0.2) is 0 Å². The van der Waals surface area contributed by atoms with Gasteiger partial charge in [-0.15, -0.1) is 23.2 Å². The van der Waals surface area contributed by atoms with Gasteiger partial charge < -0.3 is 18.9 Å². The van der Waals surface area contributed by atoms with Crippen LogP contribution in [0, 0.1) is 0 Å². The Balaban J connectivity index is 2.37. The molecule has 32 heavy (non-hydrogen) atoms. The molecule has 8 heteroatoms. The van der Waals surface area contributed by atoms with Crippen molar-refractivity contribution >= 4 is 35.1 Å². The molecule has 2 aromatic carbocycles. The van der Waals surface area contributed by atoms with Crippen molar-refractivity contribution in [1.82, 2.24) is 0 Å². The molecule has 0 spiro atoms. The maximum absolute atomic E-state index is 11.9. The lowest BCUT2D eigenvalue weighted by Gasteiger charge is -2.21. The molecule has 2 atom stereocenters. The molecule has 0 aliphatic heterocycles. The summed E-state index contributed by atoms with van der Waals surface area (Å²) < 4.78 is 20.6. The summed E-state index contributed by atoms with van der Waals surface area (Å²) >= 11 is 12.7. The van der Waals surface area contributed by atoms with E-state index in [1.807, 2.05) is 36.4 Å². The Bertz CT molecular complexity index is 905. The SMILES string of the molecule is COC(=O)[C@](C)(Cl)Cc1ccc(-c2ccc(C[C@@](C)(Cl)C(=O)OC)c(OC)c2)cc1OC. The first-order valence-electron chi connectivity index (χ1n) is 9.88. The minimum absolute atomic E-state index is 0.245. The van der Waals surface area contributed by atoms with E-state index in [1.54, 1.807) is 28.1 Å². The van der Waals surface area contributed by atoms with E-state index in [-0.39, 0.29) is 12.8 Å². The molecule has 0 aliphatic carbocycles. The highest BCUT2D eigenvalue weighted by Gasteiger charge is 2.34. The van der Waals surface area contributed by atoms with Gasteiger partial charge in [-0.05, 0) is 48.2 Å². The molecule has 0 saturated heterocycles. The summed E-state index contributed by atoms with van der Waals surface area (Å²) in [7, 11) is 5.73. The lowest BCUT2D eigenvalue weighted by Crippen LogP contribution is -2.32. The van der Waals surface area contributed by atoms with Crippen LogP contribution in [-0.2, 0) is 31.9 Å². The first-order chi connectivity index (χ1) is 15.0. The fourth-order valence-electron chi connectivity index (χ4n) is 3.43. The van der Waals surface area contributed by atoms with Crippen molar-refractivity contribution in [3.63, 3.8) is 0 Å². The average Bonchev–Trinajstić information content (AvgIpc) is 2.77. The Kier molecular flexibility index (Phi) is 8.43. The quantitative estimate of drug-likeness (QED) is 0.377. The van der Waals surface area contributed by atoms with Gasteiger partial charge in [-0.2, -0.15) is 0 Å². The van der Waals surface area contributed by atoms with Gasteiger partial charge in [-0.25, -0.2) is 0 Å². The van der Waals surface area contributed by atoms with Crippen LogP contribution in [-0.4, -0.2) is 50.1 Å². The van der Waals surface area contributed by atoms with Crippen LogP contribution in [0.25, 0.3) is 11.1 Å². The second kappa shape index (κ2) is 10.5. The molecule has 0 heterocycles. The number of rotatable bonds is 9. The zero-order valence-corrected chi connectivity index (χ0v) is 20.6. The van der Waals surface area contributed by atoms with Crippen molar-refractivity contribution in [2.75, 3.05) is 28.4 Å². The first-order valence-corrected chi connectivity index (χ1v) is 10.6. The summed E-state index contributed by atoms with van der Waals surface area (Å²) in [5.41, 5.74) is 3.32. The third-order valence-corrected chi connectivity index (χ3v) is 5.75. The minimum atomic E-state index is -1.21. The molecule has 174 valence electrons. The average molecular weight is 483 g/mol. The summed E-state index contributed by atoms with van der Waals surface area (Å²) in [5, 5.41) is 0. The van der Waals surface area contributed by atoms with Crippen LogP contribution in [0.3, 0.4) is 0 Å². The van der Waals surface area contributed by atoms with E-state index < -0.39 is 21.7 Å². The number of esters is 2. The Labute approximate surface area is 198 Å². The summed E-state index contributed by atoms with van der Waals surface area (Å²) in [6.45, 7) is 3.21. The predicted octanol–water partition coefficient (Wildman–Crippen LogP) is 4.80. The number of hydrogen-bond donors (Lipinski definition) is 0. The van der Waals surface area contributed by atoms with Crippen LogP contribution in [0.4, 0.5) is 0 Å². The maximum Gasteiger partial charge on any atom is 0.326 e. The van der Waals surface area contributed by atoms with Crippen molar-refractivity contribution in [3.8, 4) is 22.6 Å². The molecular weight excluding hydrogens is 455 g/mol. The summed E-state index contributed by atoms with van der Waals surface area (Å²) in [6.07, 6.45) is 0.490. The predicted molar refractivity (Wildman–Crippen MR) is 125 cm³/mol. The third kappa shape index (κ3) is 5.87. The van der Waals surface area contributed by atoms with Crippen LogP contribution < -0.4 is 9.47 Å². The number of halogens is 2. The molecule has 0 amide bonds. The number of hydrogen-bond acceptors (Lipinski definition) is 6. The van der Waals surface area contributed by atoms with Crippen LogP contribution in [0.5, 0.6) is 11.5 Å². The fourth-order valence-corrected chi connectivity index (χ4v) is 3.87. The Hall–Kier alpha value is -2.44. The van der Waals surface area contributed by atoms with Gasteiger partial charge >= 0.3 is 11.9 Å². The monoisotopic (exact) mass is 482 g/mol. The molecule has 2 rings (SSSR count). The van der Waals surface area contributed by atoms with E-state index in [4.69, 9.17) is 42.1 Å². The van der Waals surface area contributed by atoms with Crippen molar-refractivity contribution in [2.24, 2.45) is 0 Å². The van der Waals surface area contributed by atoms with Gasteiger partial charge in [0, 0.05) is 12.8 Å². The standard InChI is InChI=1S/C24H28Cl2O6/c1-23(25,21(27)31-5)13-17-9-7-15(11-19(17)29-3)16-8-10-18(20(12-16)30-4)14-24(2,26)22(28)32-6/h7-12H,13-14H2,1-6H3/t23-,24-/m1/s1. The van der Waals surface area contributed by atoms with Crippen molar-refractivity contribution in [2.45, 2.75) is 36.4 Å². The van der Waals surface area contributed by atoms with Gasteiger partial charge in [0.1, 0.15) is 21.2 Å². The maximum atomic E-state index is 11.9. The van der Waals surface area contributed by atoms with Crippen molar-refractivity contribution in [3.05, 3.63) is 47.5 Å². The van der Waals surface area contributed by atoms with E-state index in [0.29, 0.717) is 11.5 Å². The second-order valence-electron chi connectivity index (χ2n) is 7.78. The highest BCUT2D eigenvalue weighted by molar-refractivity contribution is 6.34. The molecule has 0 saturated carbocycles. The highest BCUT2D eigenvalue weighted by atomic mass is 35.5. The number of methoxy groups -OCH3 is 4. The van der Waals surface area contributed by atoms with E-state index in [1.165, 1.54) is 14.2 Å². The van der Waals surface area contributed by atoms with Crippen LogP contribution in [0.15, 0.2) is 36.4 Å². The van der Waals surface area contributed by atoms with Gasteiger partial charge in [-0.3, -0.25) is 9.59 Å². The Morgan fingerprint density at radius 1 is 0.719 bits per heavy atom. The van der Waals surface area contributed by atoms with Gasteiger partial charge in [-0.1, -0.05) is 24.3 Å². The van der Waals surface area contributed by atoms with E-state index in [2.05, 4.69) is 0 Å². The van der Waals surface area contributed by atoms with Crippen LogP contribution in [0.2, 0.25) is 0 Å². The van der Waals surface area contributed by atoms with Gasteiger partial charge in [0.05, 0.1) is 28.4 Å². The molecule has 0 N–H and O–H groups in total. The first kappa shape index (κ1) is 25.8. The molecular formula is C24H28Cl2O6. The van der Waals surface area contributed by atoms with E-state index >= 15 is 0 Å². The molecule has 0 aliphatic rings. The lowest BCUT2D eigenvalue weighted by molar-refractivity contribution is -0.144. The normalized spacial score (nSPS) is 14.6. The topological polar surface area (TPSA) is 71.1 Å². The fraction of sp³-hybridized carbons (Fsp3) is 0.417. The number of carbonyl (C=O) groups is 2. The number of alkyl halides is 2. The van der Waals surface area contributed by atoms with E-state index in [9.17, 15) is 9.59 Å².